The van der Waals surface area contributed by atoms with Crippen LogP contribution in [0.1, 0.15) is 69.0 Å². The van der Waals surface area contributed by atoms with Gasteiger partial charge in [-0.25, -0.2) is 14.0 Å². The van der Waals surface area contributed by atoms with Crippen molar-refractivity contribution < 1.29 is 42.6 Å². The lowest BCUT2D eigenvalue weighted by atomic mass is 9.78. The molecule has 3 N–H and O–H groups in total. The van der Waals surface area contributed by atoms with Gasteiger partial charge in [-0.05, 0) is 88.6 Å². The van der Waals surface area contributed by atoms with E-state index in [2.05, 4.69) is 10.6 Å². The third kappa shape index (κ3) is 8.48. The molecule has 1 aliphatic carbocycles. The number of aromatic carboxylic acids is 1. The van der Waals surface area contributed by atoms with E-state index in [9.17, 15) is 28.7 Å². The van der Waals surface area contributed by atoms with Crippen molar-refractivity contribution >= 4 is 40.5 Å². The van der Waals surface area contributed by atoms with Gasteiger partial charge in [0.25, 0.3) is 0 Å². The summed E-state index contributed by atoms with van der Waals surface area (Å²) in [6.45, 7) is 5.10. The summed E-state index contributed by atoms with van der Waals surface area (Å²) in [4.78, 5) is 53.1. The van der Waals surface area contributed by atoms with Crippen LogP contribution in [0.25, 0.3) is 11.0 Å². The number of furan rings is 1. The first kappa shape index (κ1) is 33.9. The maximum absolute atomic E-state index is 14.0. The van der Waals surface area contributed by atoms with Gasteiger partial charge in [0.05, 0.1) is 18.8 Å². The molecule has 1 saturated carbocycles. The van der Waals surface area contributed by atoms with Gasteiger partial charge >= 0.3 is 12.1 Å². The van der Waals surface area contributed by atoms with Gasteiger partial charge in [-0.15, -0.1) is 0 Å². The summed E-state index contributed by atoms with van der Waals surface area (Å²) in [7, 11) is 0. The van der Waals surface area contributed by atoms with Crippen molar-refractivity contribution in [3.63, 3.8) is 0 Å². The van der Waals surface area contributed by atoms with E-state index in [1.54, 1.807) is 43.9 Å². The van der Waals surface area contributed by atoms with Gasteiger partial charge in [0, 0.05) is 23.5 Å². The first-order valence-corrected chi connectivity index (χ1v) is 16.0. The molecule has 0 bridgehead atoms. The molecule has 1 aromatic heterocycles. The molecule has 5 rings (SSSR count). The molecule has 11 nitrogen and oxygen atoms in total. The number of hydrogen-bond donors (Lipinski definition) is 3. The Bertz CT molecular complexity index is 1580. The summed E-state index contributed by atoms with van der Waals surface area (Å²) in [5, 5.41) is 15.3. The molecule has 0 radical (unpaired) electrons. The molecule has 1 saturated heterocycles. The lowest BCUT2D eigenvalue weighted by Crippen LogP contribution is -2.51. The van der Waals surface area contributed by atoms with Crippen LogP contribution >= 0.6 is 0 Å². The first-order valence-electron chi connectivity index (χ1n) is 16.0. The van der Waals surface area contributed by atoms with E-state index in [4.69, 9.17) is 13.9 Å². The zero-order valence-electron chi connectivity index (χ0n) is 26.9. The van der Waals surface area contributed by atoms with Crippen molar-refractivity contribution in [3.8, 4) is 0 Å². The normalized spacial score (nSPS) is 22.1. The minimum Gasteiger partial charge on any atom is -0.475 e. The zero-order chi connectivity index (χ0) is 33.7. The standard InChI is InChI=1S/C35H42FN3O8/c1-35(2,3)47-34(44)38-26(19-36)22-9-11-23(12-10-22)32(41)39-16-15-28(45-20-21-7-5-4-6-8-21)30(39)31(40)37-25-13-14-27-24(17-25)18-29(46-27)33(42)43/h4-8,13-14,17-18,22-23,26,28,30H,9-12,15-16,19-20H2,1-3H3,(H,37,40)(H,38,44)(H,42,43)/t22?,23?,26-,28+,30+/m1/s1. The number of halogens is 1. The van der Waals surface area contributed by atoms with Gasteiger partial charge < -0.3 is 34.5 Å². The SMILES string of the molecule is CC(C)(C)OC(=O)N[C@H](CF)C1CCC(C(=O)N2CC[C@H](OCc3ccccc3)[C@H]2C(=O)Nc2ccc3oc(C(=O)O)cc3c2)CC1. The number of rotatable bonds is 10. The predicted octanol–water partition coefficient (Wildman–Crippen LogP) is 5.93. The fourth-order valence-corrected chi connectivity index (χ4v) is 6.46. The number of nitrogens with one attached hydrogen (secondary N) is 2. The van der Waals surface area contributed by atoms with E-state index in [0.29, 0.717) is 55.3 Å². The second-order valence-electron chi connectivity index (χ2n) is 13.3. The molecule has 2 aliphatic rings. The van der Waals surface area contributed by atoms with Gasteiger partial charge in [-0.1, -0.05) is 30.3 Å². The van der Waals surface area contributed by atoms with E-state index in [0.717, 1.165) is 5.56 Å². The fourth-order valence-electron chi connectivity index (χ4n) is 6.46. The Morgan fingerprint density at radius 2 is 1.74 bits per heavy atom. The average molecular weight is 652 g/mol. The molecule has 3 atom stereocenters. The molecule has 3 amide bonds. The number of hydrogen-bond acceptors (Lipinski definition) is 7. The average Bonchev–Trinajstić information content (AvgIpc) is 3.67. The molecule has 0 spiro atoms. The number of fused-ring (bicyclic) bond motifs is 1. The predicted molar refractivity (Wildman–Crippen MR) is 172 cm³/mol. The molecular weight excluding hydrogens is 609 g/mol. The van der Waals surface area contributed by atoms with Crippen LogP contribution < -0.4 is 10.6 Å². The Balaban J connectivity index is 1.27. The van der Waals surface area contributed by atoms with Crippen molar-refractivity contribution in [2.75, 3.05) is 18.5 Å². The molecule has 0 unspecified atom stereocenters. The Morgan fingerprint density at radius 3 is 2.40 bits per heavy atom. The number of carbonyl (C=O) groups excluding carboxylic acids is 3. The molecule has 2 aromatic carbocycles. The van der Waals surface area contributed by atoms with Crippen LogP contribution in [-0.4, -0.2) is 70.9 Å². The van der Waals surface area contributed by atoms with Gasteiger partial charge in [0.1, 0.15) is 23.9 Å². The van der Waals surface area contributed by atoms with E-state index < -0.39 is 48.4 Å². The van der Waals surface area contributed by atoms with Crippen LogP contribution in [-0.2, 0) is 25.7 Å². The lowest BCUT2D eigenvalue weighted by molar-refractivity contribution is -0.144. The fraction of sp³-hybridized carbons (Fsp3) is 0.486. The van der Waals surface area contributed by atoms with E-state index in [1.807, 2.05) is 30.3 Å². The second-order valence-corrected chi connectivity index (χ2v) is 13.3. The van der Waals surface area contributed by atoms with Crippen molar-refractivity contribution in [1.82, 2.24) is 10.2 Å². The summed E-state index contributed by atoms with van der Waals surface area (Å²) < 4.78 is 30.8. The van der Waals surface area contributed by atoms with Crippen LogP contribution in [0.15, 0.2) is 59.0 Å². The van der Waals surface area contributed by atoms with Gasteiger partial charge in [-0.2, -0.15) is 0 Å². The molecule has 252 valence electrons. The summed E-state index contributed by atoms with van der Waals surface area (Å²) in [5.41, 5.74) is 1.04. The number of carboxylic acid groups (broad SMARTS) is 1. The summed E-state index contributed by atoms with van der Waals surface area (Å²) >= 11 is 0. The van der Waals surface area contributed by atoms with E-state index in [-0.39, 0.29) is 30.1 Å². The minimum atomic E-state index is -1.20. The highest BCUT2D eigenvalue weighted by molar-refractivity contribution is 6.00. The van der Waals surface area contributed by atoms with Gasteiger partial charge in [0.15, 0.2) is 0 Å². The van der Waals surface area contributed by atoms with Crippen molar-refractivity contribution in [2.24, 2.45) is 11.8 Å². The molecule has 1 aliphatic heterocycles. The Hall–Kier alpha value is -4.45. The number of carbonyl (C=O) groups is 4. The number of alkyl carbamates (subject to hydrolysis) is 1. The van der Waals surface area contributed by atoms with E-state index in [1.165, 1.54) is 6.07 Å². The Kier molecular flexibility index (Phi) is 10.5. The Morgan fingerprint density at radius 1 is 1.02 bits per heavy atom. The monoisotopic (exact) mass is 651 g/mol. The summed E-state index contributed by atoms with van der Waals surface area (Å²) in [5.74, 6) is -2.47. The number of ether oxygens (including phenoxy) is 2. The highest BCUT2D eigenvalue weighted by atomic mass is 19.1. The number of benzene rings is 2. The largest absolute Gasteiger partial charge is 0.475 e. The zero-order valence-corrected chi connectivity index (χ0v) is 26.9. The maximum atomic E-state index is 14.0. The Labute approximate surface area is 272 Å². The van der Waals surface area contributed by atoms with Crippen LogP contribution in [0.5, 0.6) is 0 Å². The first-order chi connectivity index (χ1) is 22.4. The molecular formula is C35H42FN3O8. The topological polar surface area (TPSA) is 147 Å². The highest BCUT2D eigenvalue weighted by Crippen LogP contribution is 2.35. The molecule has 12 heteroatoms. The molecule has 3 aromatic rings. The van der Waals surface area contributed by atoms with Crippen molar-refractivity contribution in [3.05, 3.63) is 65.9 Å². The number of likely N-dealkylation sites (tertiary alicyclic amines) is 1. The number of nitrogens with zero attached hydrogens (tertiary/aromatic N) is 1. The number of amides is 3. The lowest BCUT2D eigenvalue weighted by Gasteiger charge is -2.35. The number of carboxylic acids is 1. The summed E-state index contributed by atoms with van der Waals surface area (Å²) in [6, 6.07) is 14.2. The van der Waals surface area contributed by atoms with Crippen LogP contribution in [0.3, 0.4) is 0 Å². The highest BCUT2D eigenvalue weighted by Gasteiger charge is 2.45. The second kappa shape index (κ2) is 14.5. The third-order valence-electron chi connectivity index (χ3n) is 8.75. The molecule has 2 fully saturated rings. The van der Waals surface area contributed by atoms with Gasteiger partial charge in [0.2, 0.25) is 17.6 Å². The third-order valence-corrected chi connectivity index (χ3v) is 8.75. The molecule has 2 heterocycles. The van der Waals surface area contributed by atoms with E-state index >= 15 is 0 Å². The minimum absolute atomic E-state index is 0.143. The smallest absolute Gasteiger partial charge is 0.407 e. The number of anilines is 1. The van der Waals surface area contributed by atoms with Crippen LogP contribution in [0.4, 0.5) is 14.9 Å². The summed E-state index contributed by atoms with van der Waals surface area (Å²) in [6.07, 6.45) is 1.34. The quantitative estimate of drug-likeness (QED) is 0.245. The van der Waals surface area contributed by atoms with Crippen LogP contribution in [0.2, 0.25) is 0 Å². The maximum Gasteiger partial charge on any atom is 0.407 e. The van der Waals surface area contributed by atoms with Crippen molar-refractivity contribution in [2.45, 2.75) is 83.3 Å². The van der Waals surface area contributed by atoms with Crippen molar-refractivity contribution in [1.29, 1.82) is 0 Å². The van der Waals surface area contributed by atoms with Gasteiger partial charge in [-0.3, -0.25) is 9.59 Å². The number of alkyl halides is 1. The van der Waals surface area contributed by atoms with Crippen LogP contribution in [0, 0.1) is 11.8 Å². The molecule has 47 heavy (non-hydrogen) atoms.